The number of hydrogen-bond acceptors (Lipinski definition) is 2. The molecule has 0 saturated heterocycles. The van der Waals surface area contributed by atoms with E-state index in [1.807, 2.05) is 0 Å². The Morgan fingerprint density at radius 3 is 1.89 bits per heavy atom. The Balaban J connectivity index is 2.53. The van der Waals surface area contributed by atoms with E-state index in [4.69, 9.17) is 0 Å². The Hall–Kier alpha value is -1.94. The van der Waals surface area contributed by atoms with Gasteiger partial charge in [-0.05, 0) is 24.6 Å². The second-order valence-electron chi connectivity index (χ2n) is 4.08. The predicted octanol–water partition coefficient (Wildman–Crippen LogP) is 3.82. The topological polar surface area (TPSA) is 34.1 Å². The molecule has 0 amide bonds. The van der Waals surface area contributed by atoms with Gasteiger partial charge in [0.25, 0.3) is 0 Å². The highest BCUT2D eigenvalue weighted by Crippen LogP contribution is 2.27. The molecule has 2 aromatic rings. The molecule has 2 rings (SSSR count). The van der Waals surface area contributed by atoms with Crippen molar-refractivity contribution in [3.63, 3.8) is 0 Å². The third-order valence-electron chi connectivity index (χ3n) is 2.79. The summed E-state index contributed by atoms with van der Waals surface area (Å²) >= 11 is 0. The fourth-order valence-electron chi connectivity index (χ4n) is 1.71. The van der Waals surface area contributed by atoms with Gasteiger partial charge in [-0.1, -0.05) is 48.5 Å². The maximum absolute atomic E-state index is 14.2. The summed E-state index contributed by atoms with van der Waals surface area (Å²) in [6.45, 7) is 1.46. The second-order valence-corrected chi connectivity index (χ2v) is 5.92. The van der Waals surface area contributed by atoms with Crippen LogP contribution in [0.2, 0.25) is 0 Å². The van der Waals surface area contributed by atoms with E-state index in [1.165, 1.54) is 19.1 Å². The van der Waals surface area contributed by atoms with Crippen LogP contribution in [0.1, 0.15) is 12.5 Å². The molecule has 0 aromatic heterocycles. The van der Waals surface area contributed by atoms with Crippen molar-refractivity contribution in [1.29, 1.82) is 0 Å². The molecule has 4 heteroatoms. The summed E-state index contributed by atoms with van der Waals surface area (Å²) in [5.74, 6) is 0. The van der Waals surface area contributed by atoms with Crippen molar-refractivity contribution in [2.75, 3.05) is 0 Å². The minimum absolute atomic E-state index is 0.0391. The molecule has 2 aromatic carbocycles. The molecule has 98 valence electrons. The molecule has 0 atom stereocenters. The first-order valence-electron chi connectivity index (χ1n) is 5.75. The van der Waals surface area contributed by atoms with E-state index in [-0.39, 0.29) is 10.5 Å². The van der Waals surface area contributed by atoms with Crippen molar-refractivity contribution in [2.24, 2.45) is 0 Å². The van der Waals surface area contributed by atoms with E-state index in [0.29, 0.717) is 5.56 Å². The van der Waals surface area contributed by atoms with Crippen molar-refractivity contribution < 1.29 is 12.8 Å². The largest absolute Gasteiger partial charge is 0.233 e. The number of halogens is 1. The molecule has 0 fully saturated rings. The highest BCUT2D eigenvalue weighted by atomic mass is 32.2. The van der Waals surface area contributed by atoms with Crippen LogP contribution in [-0.2, 0) is 9.84 Å². The highest BCUT2D eigenvalue weighted by molar-refractivity contribution is 7.95. The van der Waals surface area contributed by atoms with Gasteiger partial charge in [0.15, 0.2) is 0 Å². The first kappa shape index (κ1) is 13.5. The average molecular weight is 276 g/mol. The Morgan fingerprint density at radius 1 is 0.895 bits per heavy atom. The Morgan fingerprint density at radius 2 is 1.37 bits per heavy atom. The maximum Gasteiger partial charge on any atom is 0.233 e. The molecular weight excluding hydrogens is 263 g/mol. The maximum atomic E-state index is 14.2. The smallest absolute Gasteiger partial charge is 0.216 e. The van der Waals surface area contributed by atoms with Gasteiger partial charge in [-0.15, -0.1) is 0 Å². The summed E-state index contributed by atoms with van der Waals surface area (Å²) in [4.78, 5) is -0.0391. The van der Waals surface area contributed by atoms with Gasteiger partial charge in [-0.2, -0.15) is 4.39 Å². The van der Waals surface area contributed by atoms with Gasteiger partial charge in [0.05, 0.1) is 4.90 Å². The SMILES string of the molecule is C/C(=C(/F)S(=O)(=O)c1ccccc1)c1ccccc1. The third kappa shape index (κ3) is 2.74. The van der Waals surface area contributed by atoms with Crippen LogP contribution < -0.4 is 0 Å². The zero-order valence-electron chi connectivity index (χ0n) is 10.4. The fourth-order valence-corrected chi connectivity index (χ4v) is 2.95. The van der Waals surface area contributed by atoms with Crippen molar-refractivity contribution in [3.05, 3.63) is 71.4 Å². The first-order chi connectivity index (χ1) is 9.03. The fraction of sp³-hybridized carbons (Fsp3) is 0.0667. The van der Waals surface area contributed by atoms with E-state index < -0.39 is 15.0 Å². The van der Waals surface area contributed by atoms with Crippen LogP contribution in [0.5, 0.6) is 0 Å². The summed E-state index contributed by atoms with van der Waals surface area (Å²) in [6.07, 6.45) is 0. The zero-order valence-corrected chi connectivity index (χ0v) is 11.2. The number of sulfone groups is 1. The van der Waals surface area contributed by atoms with Crippen LogP contribution >= 0.6 is 0 Å². The quantitative estimate of drug-likeness (QED) is 0.854. The minimum Gasteiger partial charge on any atom is -0.216 e. The predicted molar refractivity (Wildman–Crippen MR) is 73.8 cm³/mol. The molecule has 0 aliphatic heterocycles. The van der Waals surface area contributed by atoms with Crippen LogP contribution in [0.4, 0.5) is 4.39 Å². The molecule has 0 spiro atoms. The molecule has 0 heterocycles. The summed E-state index contributed by atoms with van der Waals surface area (Å²) in [5, 5.41) is -1.11. The lowest BCUT2D eigenvalue weighted by Crippen LogP contribution is -2.03. The average Bonchev–Trinajstić information content (AvgIpc) is 2.47. The standard InChI is InChI=1S/C15H13FO2S/c1-12(13-8-4-2-5-9-13)15(16)19(17,18)14-10-6-3-7-11-14/h2-11H,1H3/b15-12+. The minimum atomic E-state index is -4.07. The molecule has 0 radical (unpaired) electrons. The van der Waals surface area contributed by atoms with Crippen molar-refractivity contribution in [1.82, 2.24) is 0 Å². The molecule has 0 aliphatic rings. The number of rotatable bonds is 3. The van der Waals surface area contributed by atoms with Gasteiger partial charge in [0.2, 0.25) is 15.0 Å². The van der Waals surface area contributed by atoms with E-state index in [1.54, 1.807) is 48.5 Å². The van der Waals surface area contributed by atoms with E-state index >= 15 is 0 Å². The Bertz CT molecular complexity index is 689. The third-order valence-corrected chi connectivity index (χ3v) is 4.46. The monoisotopic (exact) mass is 276 g/mol. The van der Waals surface area contributed by atoms with Crippen LogP contribution in [0.15, 0.2) is 70.7 Å². The van der Waals surface area contributed by atoms with Crippen molar-refractivity contribution >= 4 is 15.4 Å². The van der Waals surface area contributed by atoms with Crippen LogP contribution in [-0.4, -0.2) is 8.42 Å². The summed E-state index contributed by atoms with van der Waals surface area (Å²) in [5.41, 5.74) is 0.670. The molecule has 0 aliphatic carbocycles. The summed E-state index contributed by atoms with van der Waals surface area (Å²) < 4.78 is 38.5. The molecule has 0 unspecified atom stereocenters. The first-order valence-corrected chi connectivity index (χ1v) is 7.24. The Kier molecular flexibility index (Phi) is 3.81. The van der Waals surface area contributed by atoms with Gasteiger partial charge in [-0.3, -0.25) is 0 Å². The van der Waals surface area contributed by atoms with Crippen molar-refractivity contribution in [2.45, 2.75) is 11.8 Å². The molecule has 19 heavy (non-hydrogen) atoms. The lowest BCUT2D eigenvalue weighted by atomic mass is 10.1. The van der Waals surface area contributed by atoms with Gasteiger partial charge in [0, 0.05) is 5.57 Å². The van der Waals surface area contributed by atoms with E-state index in [0.717, 1.165) is 0 Å². The molecule has 0 saturated carbocycles. The summed E-state index contributed by atoms with van der Waals surface area (Å²) in [7, 11) is -4.07. The lowest BCUT2D eigenvalue weighted by Gasteiger charge is -2.06. The van der Waals surface area contributed by atoms with Crippen LogP contribution in [0.3, 0.4) is 0 Å². The second kappa shape index (κ2) is 5.36. The molecule has 2 nitrogen and oxygen atoms in total. The number of benzene rings is 2. The normalized spacial score (nSPS) is 12.9. The van der Waals surface area contributed by atoms with Gasteiger partial charge in [-0.25, -0.2) is 8.42 Å². The molecule has 0 bridgehead atoms. The van der Waals surface area contributed by atoms with Crippen molar-refractivity contribution in [3.8, 4) is 0 Å². The number of allylic oxidation sites excluding steroid dienone is 1. The molecule has 0 N–H and O–H groups in total. The van der Waals surface area contributed by atoms with Gasteiger partial charge < -0.3 is 0 Å². The van der Waals surface area contributed by atoms with Crippen LogP contribution in [0, 0.1) is 0 Å². The lowest BCUT2D eigenvalue weighted by molar-refractivity contribution is 0.578. The van der Waals surface area contributed by atoms with Gasteiger partial charge >= 0.3 is 0 Å². The Labute approximate surface area is 112 Å². The van der Waals surface area contributed by atoms with Gasteiger partial charge in [0.1, 0.15) is 0 Å². The van der Waals surface area contributed by atoms with E-state index in [2.05, 4.69) is 0 Å². The summed E-state index contributed by atoms with van der Waals surface area (Å²) in [6, 6.07) is 16.2. The molecular formula is C15H13FO2S. The zero-order chi connectivity index (χ0) is 13.9. The van der Waals surface area contributed by atoms with E-state index in [9.17, 15) is 12.8 Å². The number of hydrogen-bond donors (Lipinski definition) is 0. The highest BCUT2D eigenvalue weighted by Gasteiger charge is 2.23. The van der Waals surface area contributed by atoms with Crippen LogP contribution in [0.25, 0.3) is 5.57 Å².